The van der Waals surface area contributed by atoms with E-state index in [4.69, 9.17) is 0 Å². The van der Waals surface area contributed by atoms with E-state index < -0.39 is 0 Å². The third kappa shape index (κ3) is 3.10. The zero-order chi connectivity index (χ0) is 11.4. The summed E-state index contributed by atoms with van der Waals surface area (Å²) < 4.78 is 0. The molecule has 0 radical (unpaired) electrons. The first-order valence-electron chi connectivity index (χ1n) is 6.46. The molecule has 2 rings (SSSR count). The fraction of sp³-hybridized carbons (Fsp3) is 0.600. The number of aryl methyl sites for hydroxylation is 2. The van der Waals surface area contributed by atoms with Crippen LogP contribution in [0.15, 0.2) is 24.3 Å². The fourth-order valence-corrected chi connectivity index (χ4v) is 3.50. The van der Waals surface area contributed by atoms with E-state index in [2.05, 4.69) is 47.1 Å². The van der Waals surface area contributed by atoms with Gasteiger partial charge in [-0.25, -0.2) is 0 Å². The first-order chi connectivity index (χ1) is 7.77. The molecule has 1 atom stereocenters. The number of halogens is 1. The lowest BCUT2D eigenvalue weighted by Crippen LogP contribution is -2.11. The first kappa shape index (κ1) is 12.2. The lowest BCUT2D eigenvalue weighted by molar-refractivity contribution is 0.505. The van der Waals surface area contributed by atoms with Gasteiger partial charge in [-0.2, -0.15) is 0 Å². The van der Waals surface area contributed by atoms with E-state index in [1.165, 1.54) is 49.7 Å². The summed E-state index contributed by atoms with van der Waals surface area (Å²) in [6, 6.07) is 8.76. The summed E-state index contributed by atoms with van der Waals surface area (Å²) in [5.41, 5.74) is 2.96. The minimum Gasteiger partial charge on any atom is -0.0888 e. The summed E-state index contributed by atoms with van der Waals surface area (Å²) in [6.45, 7) is 2.22. The van der Waals surface area contributed by atoms with Crippen molar-refractivity contribution >= 4 is 15.9 Å². The molecule has 1 aromatic carbocycles. The third-order valence-corrected chi connectivity index (χ3v) is 5.07. The lowest BCUT2D eigenvalue weighted by atomic mass is 9.96. The van der Waals surface area contributed by atoms with E-state index in [0.717, 1.165) is 10.7 Å². The predicted molar refractivity (Wildman–Crippen MR) is 74.2 cm³/mol. The fourth-order valence-electron chi connectivity index (χ4n) is 2.74. The van der Waals surface area contributed by atoms with Crippen LogP contribution in [0.5, 0.6) is 0 Å². The zero-order valence-corrected chi connectivity index (χ0v) is 11.7. The molecule has 0 aliphatic heterocycles. The number of hydrogen-bond acceptors (Lipinski definition) is 0. The Morgan fingerprint density at radius 1 is 1.25 bits per heavy atom. The van der Waals surface area contributed by atoms with Crippen molar-refractivity contribution in [2.75, 3.05) is 0 Å². The molecule has 0 amide bonds. The number of rotatable bonds is 4. The average Bonchev–Trinajstić information content (AvgIpc) is 2.81. The second-order valence-corrected chi connectivity index (χ2v) is 6.20. The van der Waals surface area contributed by atoms with Crippen molar-refractivity contribution in [3.05, 3.63) is 35.4 Å². The van der Waals surface area contributed by atoms with Crippen molar-refractivity contribution in [1.29, 1.82) is 0 Å². The van der Waals surface area contributed by atoms with Crippen LogP contribution in [0.4, 0.5) is 0 Å². The normalized spacial score (nSPS) is 18.9. The summed E-state index contributed by atoms with van der Waals surface area (Å²) in [5, 5.41) is 0. The number of alkyl halides is 1. The molecule has 1 aliphatic carbocycles. The third-order valence-electron chi connectivity index (χ3n) is 3.86. The highest BCUT2D eigenvalue weighted by Crippen LogP contribution is 2.33. The van der Waals surface area contributed by atoms with Gasteiger partial charge in [0.25, 0.3) is 0 Å². The van der Waals surface area contributed by atoms with Crippen molar-refractivity contribution in [2.45, 2.75) is 50.3 Å². The molecule has 1 aromatic rings. The summed E-state index contributed by atoms with van der Waals surface area (Å²) >= 11 is 3.89. The van der Waals surface area contributed by atoms with E-state index in [1.54, 1.807) is 0 Å². The minimum absolute atomic E-state index is 0.731. The Hall–Kier alpha value is -0.300. The van der Waals surface area contributed by atoms with E-state index >= 15 is 0 Å². The van der Waals surface area contributed by atoms with Gasteiger partial charge in [-0.05, 0) is 49.7 Å². The van der Waals surface area contributed by atoms with Gasteiger partial charge < -0.3 is 0 Å². The van der Waals surface area contributed by atoms with Gasteiger partial charge in [-0.1, -0.05) is 53.0 Å². The highest BCUT2D eigenvalue weighted by atomic mass is 79.9. The Bertz CT molecular complexity index is 326. The van der Waals surface area contributed by atoms with E-state index in [0.29, 0.717) is 0 Å². The molecule has 0 bridgehead atoms. The standard InChI is InChI=1S/C15H21Br/c1-12-6-2-3-7-13(12)10-11-15(16)14-8-4-5-9-14/h2-3,6-7,14-15H,4-5,8-11H2,1H3. The molecule has 0 aromatic heterocycles. The van der Waals surface area contributed by atoms with E-state index in [1.807, 2.05) is 0 Å². The Labute approximate surface area is 108 Å². The molecule has 1 heteroatoms. The largest absolute Gasteiger partial charge is 0.0888 e. The molecular weight excluding hydrogens is 260 g/mol. The second-order valence-electron chi connectivity index (χ2n) is 5.03. The van der Waals surface area contributed by atoms with Crippen LogP contribution in [-0.4, -0.2) is 4.83 Å². The van der Waals surface area contributed by atoms with Crippen molar-refractivity contribution in [3.8, 4) is 0 Å². The maximum absolute atomic E-state index is 3.89. The van der Waals surface area contributed by atoms with Crippen molar-refractivity contribution in [1.82, 2.24) is 0 Å². The van der Waals surface area contributed by atoms with Gasteiger partial charge in [0.15, 0.2) is 0 Å². The van der Waals surface area contributed by atoms with Crippen molar-refractivity contribution < 1.29 is 0 Å². The molecule has 1 unspecified atom stereocenters. The topological polar surface area (TPSA) is 0 Å². The highest BCUT2D eigenvalue weighted by molar-refractivity contribution is 9.09. The highest BCUT2D eigenvalue weighted by Gasteiger charge is 2.22. The Kier molecular flexibility index (Phi) is 4.45. The molecule has 0 saturated heterocycles. The molecule has 0 nitrogen and oxygen atoms in total. The molecule has 0 N–H and O–H groups in total. The molecule has 0 spiro atoms. The van der Waals surface area contributed by atoms with Gasteiger partial charge in [0, 0.05) is 4.83 Å². The minimum atomic E-state index is 0.731. The SMILES string of the molecule is Cc1ccccc1CCC(Br)C1CCCC1. The molecule has 0 heterocycles. The lowest BCUT2D eigenvalue weighted by Gasteiger charge is -2.17. The van der Waals surface area contributed by atoms with Crippen LogP contribution < -0.4 is 0 Å². The molecule has 1 fully saturated rings. The smallest absolute Gasteiger partial charge is 0.0177 e. The van der Waals surface area contributed by atoms with Crippen LogP contribution in [0.2, 0.25) is 0 Å². The van der Waals surface area contributed by atoms with Gasteiger partial charge in [0.1, 0.15) is 0 Å². The van der Waals surface area contributed by atoms with E-state index in [9.17, 15) is 0 Å². The van der Waals surface area contributed by atoms with Crippen LogP contribution in [0, 0.1) is 12.8 Å². The number of benzene rings is 1. The van der Waals surface area contributed by atoms with Gasteiger partial charge in [-0.15, -0.1) is 0 Å². The Morgan fingerprint density at radius 3 is 2.62 bits per heavy atom. The Balaban J connectivity index is 1.84. The molecule has 1 saturated carbocycles. The summed E-state index contributed by atoms with van der Waals surface area (Å²) in [6.07, 6.45) is 8.26. The number of hydrogen-bond donors (Lipinski definition) is 0. The first-order valence-corrected chi connectivity index (χ1v) is 7.37. The molecule has 1 aliphatic rings. The average molecular weight is 281 g/mol. The maximum atomic E-state index is 3.89. The van der Waals surface area contributed by atoms with Crippen LogP contribution >= 0.6 is 15.9 Å². The quantitative estimate of drug-likeness (QED) is 0.690. The van der Waals surface area contributed by atoms with Crippen LogP contribution in [0.25, 0.3) is 0 Å². The monoisotopic (exact) mass is 280 g/mol. The van der Waals surface area contributed by atoms with Crippen LogP contribution in [0.1, 0.15) is 43.2 Å². The van der Waals surface area contributed by atoms with Crippen LogP contribution in [-0.2, 0) is 6.42 Å². The predicted octanol–water partition coefficient (Wildman–Crippen LogP) is 4.88. The van der Waals surface area contributed by atoms with Gasteiger partial charge in [0.05, 0.1) is 0 Å². The summed E-state index contributed by atoms with van der Waals surface area (Å²) in [5.74, 6) is 0.934. The zero-order valence-electron chi connectivity index (χ0n) is 10.1. The second kappa shape index (κ2) is 5.86. The van der Waals surface area contributed by atoms with E-state index in [-0.39, 0.29) is 0 Å². The van der Waals surface area contributed by atoms with Gasteiger partial charge >= 0.3 is 0 Å². The molecule has 88 valence electrons. The summed E-state index contributed by atoms with van der Waals surface area (Å²) in [7, 11) is 0. The molecule has 16 heavy (non-hydrogen) atoms. The van der Waals surface area contributed by atoms with Gasteiger partial charge in [0.2, 0.25) is 0 Å². The van der Waals surface area contributed by atoms with Crippen molar-refractivity contribution in [2.24, 2.45) is 5.92 Å². The van der Waals surface area contributed by atoms with Gasteiger partial charge in [-0.3, -0.25) is 0 Å². The Morgan fingerprint density at radius 2 is 1.94 bits per heavy atom. The molecular formula is C15H21Br. The summed E-state index contributed by atoms with van der Waals surface area (Å²) in [4.78, 5) is 0.731. The maximum Gasteiger partial charge on any atom is 0.0177 e. The van der Waals surface area contributed by atoms with Crippen LogP contribution in [0.3, 0.4) is 0 Å². The van der Waals surface area contributed by atoms with Crippen molar-refractivity contribution in [3.63, 3.8) is 0 Å².